The zero-order chi connectivity index (χ0) is 19.5. The molecule has 146 valence electrons. The van der Waals surface area contributed by atoms with Gasteiger partial charge >= 0.3 is 0 Å². The van der Waals surface area contributed by atoms with Crippen LogP contribution in [0, 0.1) is 5.82 Å². The summed E-state index contributed by atoms with van der Waals surface area (Å²) in [7, 11) is 5.00. The number of rotatable bonds is 9. The Morgan fingerprint density at radius 3 is 2.52 bits per heavy atom. The molecule has 0 aliphatic heterocycles. The lowest BCUT2D eigenvalue weighted by Crippen LogP contribution is -2.37. The number of hydrogen-bond acceptors (Lipinski definition) is 4. The van der Waals surface area contributed by atoms with Crippen molar-refractivity contribution >= 4 is 17.7 Å². The first kappa shape index (κ1) is 20.9. The summed E-state index contributed by atoms with van der Waals surface area (Å²) in [5.74, 6) is 2.89. The van der Waals surface area contributed by atoms with Crippen LogP contribution in [0.15, 0.2) is 52.4 Å². The molecule has 2 rings (SSSR count). The number of ether oxygens (including phenoxy) is 2. The molecule has 0 aliphatic carbocycles. The summed E-state index contributed by atoms with van der Waals surface area (Å²) in [6.07, 6.45) is 0.964. The summed E-state index contributed by atoms with van der Waals surface area (Å²) >= 11 is 1.71. The van der Waals surface area contributed by atoms with Crippen molar-refractivity contribution in [2.24, 2.45) is 4.99 Å². The van der Waals surface area contributed by atoms with E-state index >= 15 is 0 Å². The van der Waals surface area contributed by atoms with Crippen LogP contribution in [-0.4, -0.2) is 39.5 Å². The second kappa shape index (κ2) is 11.3. The molecule has 0 spiro atoms. The Balaban J connectivity index is 1.74. The third kappa shape index (κ3) is 6.67. The molecule has 0 unspecified atom stereocenters. The molecule has 0 fully saturated rings. The van der Waals surface area contributed by atoms with Crippen molar-refractivity contribution in [1.82, 2.24) is 10.6 Å². The number of para-hydroxylation sites is 1. The summed E-state index contributed by atoms with van der Waals surface area (Å²) in [6.45, 7) is 1.37. The van der Waals surface area contributed by atoms with Gasteiger partial charge in [0.1, 0.15) is 5.82 Å². The highest BCUT2D eigenvalue weighted by Crippen LogP contribution is 2.30. The van der Waals surface area contributed by atoms with Gasteiger partial charge in [-0.15, -0.1) is 11.8 Å². The molecule has 27 heavy (non-hydrogen) atoms. The van der Waals surface area contributed by atoms with Crippen LogP contribution in [0.1, 0.15) is 12.0 Å². The van der Waals surface area contributed by atoms with Gasteiger partial charge in [0, 0.05) is 30.6 Å². The van der Waals surface area contributed by atoms with Crippen molar-refractivity contribution < 1.29 is 13.9 Å². The first-order valence-electron chi connectivity index (χ1n) is 8.70. The molecule has 0 saturated carbocycles. The van der Waals surface area contributed by atoms with Crippen LogP contribution in [-0.2, 0) is 6.54 Å². The third-order valence-corrected chi connectivity index (χ3v) is 4.95. The molecule has 0 radical (unpaired) electrons. The zero-order valence-corrected chi connectivity index (χ0v) is 16.7. The van der Waals surface area contributed by atoms with Crippen LogP contribution in [0.4, 0.5) is 4.39 Å². The Bertz CT molecular complexity index is 739. The van der Waals surface area contributed by atoms with Gasteiger partial charge in [-0.1, -0.05) is 12.1 Å². The average molecular weight is 392 g/mol. The lowest BCUT2D eigenvalue weighted by molar-refractivity contribution is 0.351. The molecule has 5 nitrogen and oxygen atoms in total. The third-order valence-electron chi connectivity index (χ3n) is 3.85. The van der Waals surface area contributed by atoms with Gasteiger partial charge in [0.2, 0.25) is 0 Å². The first-order valence-corrected chi connectivity index (χ1v) is 9.69. The average Bonchev–Trinajstić information content (AvgIpc) is 2.70. The van der Waals surface area contributed by atoms with E-state index in [1.165, 1.54) is 12.1 Å². The largest absolute Gasteiger partial charge is 0.493 e. The van der Waals surface area contributed by atoms with E-state index in [-0.39, 0.29) is 5.82 Å². The topological polar surface area (TPSA) is 54.9 Å². The minimum Gasteiger partial charge on any atom is -0.493 e. The number of hydrogen-bond donors (Lipinski definition) is 2. The molecule has 0 atom stereocenters. The number of guanidine groups is 1. The fourth-order valence-corrected chi connectivity index (χ4v) is 3.35. The minimum absolute atomic E-state index is 0.205. The molecule has 2 aromatic carbocycles. The molecule has 0 amide bonds. The predicted octanol–water partition coefficient (Wildman–Crippen LogP) is 3.69. The Hall–Kier alpha value is -2.41. The molecule has 2 N–H and O–H groups in total. The van der Waals surface area contributed by atoms with Crippen LogP contribution >= 0.6 is 11.8 Å². The number of benzene rings is 2. The molecular weight excluding hydrogens is 365 g/mol. The van der Waals surface area contributed by atoms with Crippen molar-refractivity contribution in [3.05, 3.63) is 53.8 Å². The van der Waals surface area contributed by atoms with Gasteiger partial charge in [-0.05, 0) is 42.5 Å². The van der Waals surface area contributed by atoms with Crippen molar-refractivity contribution in [2.45, 2.75) is 17.9 Å². The molecule has 0 aromatic heterocycles. The number of nitrogens with one attached hydrogen (secondary N) is 2. The van der Waals surface area contributed by atoms with E-state index in [4.69, 9.17) is 9.47 Å². The van der Waals surface area contributed by atoms with E-state index in [1.807, 2.05) is 18.2 Å². The molecule has 2 aromatic rings. The molecule has 0 saturated heterocycles. The molecular formula is C20H26FN3O2S. The lowest BCUT2D eigenvalue weighted by atomic mass is 10.2. The maximum atomic E-state index is 12.9. The predicted molar refractivity (Wildman–Crippen MR) is 109 cm³/mol. The Morgan fingerprint density at radius 2 is 1.85 bits per heavy atom. The highest BCUT2D eigenvalue weighted by Gasteiger charge is 2.09. The summed E-state index contributed by atoms with van der Waals surface area (Å²) in [4.78, 5) is 5.31. The maximum Gasteiger partial charge on any atom is 0.191 e. The second-order valence-corrected chi connectivity index (χ2v) is 6.83. The van der Waals surface area contributed by atoms with Crippen molar-refractivity contribution in [3.8, 4) is 11.5 Å². The van der Waals surface area contributed by atoms with Crippen molar-refractivity contribution in [1.29, 1.82) is 0 Å². The van der Waals surface area contributed by atoms with Gasteiger partial charge in [0.25, 0.3) is 0 Å². The van der Waals surface area contributed by atoms with Crippen molar-refractivity contribution in [3.63, 3.8) is 0 Å². The standard InChI is InChI=1S/C20H26FN3O2S/c1-22-20(23-12-5-13-27-17-10-8-16(21)9-11-17)24-14-15-6-4-7-18(25-2)19(15)26-3/h4,6-11H,5,12-14H2,1-3H3,(H2,22,23,24). The van der Waals surface area contributed by atoms with E-state index in [9.17, 15) is 4.39 Å². The van der Waals surface area contributed by atoms with Crippen LogP contribution < -0.4 is 20.1 Å². The number of methoxy groups -OCH3 is 2. The molecule has 0 heterocycles. The molecule has 0 aliphatic rings. The minimum atomic E-state index is -0.205. The number of aliphatic imine (C=N–C) groups is 1. The number of nitrogens with zero attached hydrogens (tertiary/aromatic N) is 1. The Labute approximate surface area is 164 Å². The monoisotopic (exact) mass is 391 g/mol. The van der Waals surface area contributed by atoms with Gasteiger partial charge in [0.15, 0.2) is 17.5 Å². The Kier molecular flexibility index (Phi) is 8.77. The van der Waals surface area contributed by atoms with Crippen LogP contribution in [0.2, 0.25) is 0 Å². The number of halogens is 1. The normalized spacial score (nSPS) is 11.2. The van der Waals surface area contributed by atoms with Gasteiger partial charge < -0.3 is 20.1 Å². The summed E-state index contributed by atoms with van der Waals surface area (Å²) in [5, 5.41) is 6.58. The molecule has 7 heteroatoms. The van der Waals surface area contributed by atoms with E-state index in [1.54, 1.807) is 45.2 Å². The smallest absolute Gasteiger partial charge is 0.191 e. The highest BCUT2D eigenvalue weighted by atomic mass is 32.2. The van der Waals surface area contributed by atoms with Gasteiger partial charge in [-0.25, -0.2) is 4.39 Å². The fourth-order valence-electron chi connectivity index (χ4n) is 2.49. The maximum absolute atomic E-state index is 12.9. The first-order chi connectivity index (χ1) is 13.2. The quantitative estimate of drug-likeness (QED) is 0.296. The fraction of sp³-hybridized carbons (Fsp3) is 0.350. The Morgan fingerprint density at radius 1 is 1.07 bits per heavy atom. The zero-order valence-electron chi connectivity index (χ0n) is 15.9. The van der Waals surface area contributed by atoms with Gasteiger partial charge in [0.05, 0.1) is 14.2 Å². The second-order valence-electron chi connectivity index (χ2n) is 5.66. The van der Waals surface area contributed by atoms with Gasteiger partial charge in [-0.3, -0.25) is 4.99 Å². The van der Waals surface area contributed by atoms with E-state index < -0.39 is 0 Å². The van der Waals surface area contributed by atoms with E-state index in [0.29, 0.717) is 12.3 Å². The highest BCUT2D eigenvalue weighted by molar-refractivity contribution is 7.99. The van der Waals surface area contributed by atoms with Crippen LogP contribution in [0.3, 0.4) is 0 Å². The summed E-state index contributed by atoms with van der Waals surface area (Å²) in [5.41, 5.74) is 0.992. The van der Waals surface area contributed by atoms with Gasteiger partial charge in [-0.2, -0.15) is 0 Å². The lowest BCUT2D eigenvalue weighted by Gasteiger charge is -2.15. The number of thioether (sulfide) groups is 1. The SMILES string of the molecule is CN=C(NCCCSc1ccc(F)cc1)NCc1cccc(OC)c1OC. The molecule has 0 bridgehead atoms. The van der Waals surface area contributed by atoms with E-state index in [0.717, 1.165) is 40.9 Å². The van der Waals surface area contributed by atoms with Crippen LogP contribution in [0.25, 0.3) is 0 Å². The summed E-state index contributed by atoms with van der Waals surface area (Å²) in [6, 6.07) is 12.4. The van der Waals surface area contributed by atoms with E-state index in [2.05, 4.69) is 15.6 Å². The van der Waals surface area contributed by atoms with Crippen molar-refractivity contribution in [2.75, 3.05) is 33.6 Å². The summed E-state index contributed by atoms with van der Waals surface area (Å²) < 4.78 is 23.7. The van der Waals surface area contributed by atoms with Crippen LogP contribution in [0.5, 0.6) is 11.5 Å².